The number of anilines is 1. The van der Waals surface area contributed by atoms with E-state index >= 15 is 0 Å². The van der Waals surface area contributed by atoms with Gasteiger partial charge in [-0.1, -0.05) is 0 Å². The Morgan fingerprint density at radius 1 is 1.15 bits per heavy atom. The summed E-state index contributed by atoms with van der Waals surface area (Å²) in [5, 5.41) is 6.28. The molecule has 1 spiro atoms. The second-order valence-electron chi connectivity index (χ2n) is 7.68. The monoisotopic (exact) mass is 399 g/mol. The fourth-order valence-electron chi connectivity index (χ4n) is 3.78. The molecule has 1 aliphatic heterocycles. The number of carbonyl (C=O) groups is 1. The van der Waals surface area contributed by atoms with Crippen molar-refractivity contribution in [3.8, 4) is 0 Å². The smallest absolute Gasteiger partial charge is 0.240 e. The molecule has 0 bridgehead atoms. The minimum atomic E-state index is -3.46. The van der Waals surface area contributed by atoms with Crippen molar-refractivity contribution >= 4 is 34.0 Å². The molecular weight excluding hydrogens is 374 g/mol. The molecule has 0 radical (unpaired) electrons. The van der Waals surface area contributed by atoms with E-state index in [4.69, 9.17) is 0 Å². The zero-order chi connectivity index (χ0) is 17.5. The zero-order valence-electron chi connectivity index (χ0n) is 14.7. The molecule has 1 aromatic rings. The van der Waals surface area contributed by atoms with Crippen molar-refractivity contribution < 1.29 is 13.2 Å². The average Bonchev–Trinajstić information content (AvgIpc) is 3.52. The Morgan fingerprint density at radius 3 is 2.42 bits per heavy atom. The quantitative estimate of drug-likeness (QED) is 0.683. The van der Waals surface area contributed by atoms with E-state index in [-0.39, 0.29) is 34.5 Å². The van der Waals surface area contributed by atoms with Crippen molar-refractivity contribution in [2.45, 2.75) is 37.0 Å². The maximum atomic E-state index is 12.5. The van der Waals surface area contributed by atoms with Gasteiger partial charge in [0.1, 0.15) is 0 Å². The molecule has 1 unspecified atom stereocenters. The summed E-state index contributed by atoms with van der Waals surface area (Å²) >= 11 is 0. The molecular formula is C18H26ClN3O3S. The van der Waals surface area contributed by atoms with Crippen LogP contribution in [0.1, 0.15) is 32.1 Å². The number of rotatable bonds is 6. The molecule has 6 nitrogen and oxygen atoms in total. The van der Waals surface area contributed by atoms with Crippen LogP contribution in [0.3, 0.4) is 0 Å². The molecule has 144 valence electrons. The highest BCUT2D eigenvalue weighted by molar-refractivity contribution is 7.89. The van der Waals surface area contributed by atoms with Gasteiger partial charge in [0.05, 0.1) is 4.90 Å². The normalized spacial score (nSPS) is 23.9. The molecule has 4 rings (SSSR count). The number of benzene rings is 1. The highest BCUT2D eigenvalue weighted by Crippen LogP contribution is 2.58. The summed E-state index contributed by atoms with van der Waals surface area (Å²) in [6, 6.07) is 6.44. The Kier molecular flexibility index (Phi) is 5.63. The van der Waals surface area contributed by atoms with E-state index in [0.717, 1.165) is 45.2 Å². The third kappa shape index (κ3) is 4.22. The number of amides is 1. The summed E-state index contributed by atoms with van der Waals surface area (Å²) in [6.07, 6.45) is 5.31. The minimum Gasteiger partial charge on any atom is -0.326 e. The van der Waals surface area contributed by atoms with E-state index in [1.165, 1.54) is 0 Å². The number of sulfonamides is 1. The molecule has 1 atom stereocenters. The standard InChI is InChI=1S/C18H25N3O3S.ClH/c22-17(16-11-18(16)7-9-19-10-8-18)21-14-3-5-15(6-4-14)25(23,24)20-12-13-1-2-13;/h3-6,13,16,19-20H,1-2,7-12H2,(H,21,22);1H. The van der Waals surface area contributed by atoms with Crippen molar-refractivity contribution in [3.05, 3.63) is 24.3 Å². The van der Waals surface area contributed by atoms with Gasteiger partial charge in [-0.25, -0.2) is 13.1 Å². The maximum absolute atomic E-state index is 12.5. The molecule has 1 heterocycles. The number of carbonyl (C=O) groups excluding carboxylic acids is 1. The molecule has 8 heteroatoms. The lowest BCUT2D eigenvalue weighted by Gasteiger charge is -2.23. The van der Waals surface area contributed by atoms with E-state index < -0.39 is 10.0 Å². The van der Waals surface area contributed by atoms with Crippen LogP contribution in [-0.2, 0) is 14.8 Å². The fourth-order valence-corrected chi connectivity index (χ4v) is 4.89. The van der Waals surface area contributed by atoms with Crippen molar-refractivity contribution in [1.82, 2.24) is 10.0 Å². The van der Waals surface area contributed by atoms with Crippen LogP contribution in [-0.4, -0.2) is 34.0 Å². The summed E-state index contributed by atoms with van der Waals surface area (Å²) in [7, 11) is -3.46. The van der Waals surface area contributed by atoms with Gasteiger partial charge in [-0.2, -0.15) is 0 Å². The molecule has 3 aliphatic rings. The first-order valence-electron chi connectivity index (χ1n) is 9.10. The molecule has 2 saturated carbocycles. The summed E-state index contributed by atoms with van der Waals surface area (Å²) in [6.45, 7) is 2.49. The Balaban J connectivity index is 0.00000196. The first-order valence-corrected chi connectivity index (χ1v) is 10.6. The Bertz CT molecular complexity index is 756. The highest BCUT2D eigenvalue weighted by Gasteiger charge is 2.57. The van der Waals surface area contributed by atoms with Gasteiger partial charge in [0.25, 0.3) is 0 Å². The lowest BCUT2D eigenvalue weighted by Crippen LogP contribution is -2.31. The van der Waals surface area contributed by atoms with Crippen molar-refractivity contribution in [3.63, 3.8) is 0 Å². The molecule has 1 saturated heterocycles. The van der Waals surface area contributed by atoms with E-state index in [2.05, 4.69) is 15.4 Å². The number of hydrogen-bond donors (Lipinski definition) is 3. The predicted octanol–water partition coefficient (Wildman–Crippen LogP) is 2.12. The molecule has 26 heavy (non-hydrogen) atoms. The first-order chi connectivity index (χ1) is 12.0. The molecule has 0 aromatic heterocycles. The van der Waals surface area contributed by atoms with Crippen LogP contribution < -0.4 is 15.4 Å². The van der Waals surface area contributed by atoms with Crippen LogP contribution in [0.5, 0.6) is 0 Å². The Morgan fingerprint density at radius 2 is 1.81 bits per heavy atom. The molecule has 1 amide bonds. The molecule has 2 aliphatic carbocycles. The van der Waals surface area contributed by atoms with Crippen LogP contribution in [0.15, 0.2) is 29.2 Å². The molecule has 3 N–H and O–H groups in total. The Hall–Kier alpha value is -1.15. The predicted molar refractivity (Wildman–Crippen MR) is 103 cm³/mol. The van der Waals surface area contributed by atoms with Crippen molar-refractivity contribution in [1.29, 1.82) is 0 Å². The average molecular weight is 400 g/mol. The summed E-state index contributed by atoms with van der Waals surface area (Å²) in [5.41, 5.74) is 0.854. The van der Waals surface area contributed by atoms with E-state index in [0.29, 0.717) is 18.2 Å². The SMILES string of the molecule is Cl.O=C(Nc1ccc(S(=O)(=O)NCC2CC2)cc1)C1CC12CCNCC2. The van der Waals surface area contributed by atoms with Gasteiger partial charge in [0, 0.05) is 18.2 Å². The Labute approximate surface area is 161 Å². The van der Waals surface area contributed by atoms with Crippen LogP contribution in [0.2, 0.25) is 0 Å². The number of halogens is 1. The largest absolute Gasteiger partial charge is 0.326 e. The van der Waals surface area contributed by atoms with E-state index in [1.54, 1.807) is 24.3 Å². The maximum Gasteiger partial charge on any atom is 0.240 e. The van der Waals surface area contributed by atoms with E-state index in [9.17, 15) is 13.2 Å². The second-order valence-corrected chi connectivity index (χ2v) is 9.44. The minimum absolute atomic E-state index is 0. The van der Waals surface area contributed by atoms with Gasteiger partial charge in [0.2, 0.25) is 15.9 Å². The van der Waals surface area contributed by atoms with Gasteiger partial charge >= 0.3 is 0 Å². The lowest BCUT2D eigenvalue weighted by molar-refractivity contribution is -0.118. The van der Waals surface area contributed by atoms with Gasteiger partial charge in [-0.05, 0) is 80.8 Å². The zero-order valence-corrected chi connectivity index (χ0v) is 16.3. The summed E-state index contributed by atoms with van der Waals surface area (Å²) in [4.78, 5) is 12.7. The first kappa shape index (κ1) is 19.6. The number of hydrogen-bond acceptors (Lipinski definition) is 4. The second kappa shape index (κ2) is 7.46. The van der Waals surface area contributed by atoms with Crippen LogP contribution >= 0.6 is 12.4 Å². The van der Waals surface area contributed by atoms with Gasteiger partial charge in [-0.15, -0.1) is 12.4 Å². The fraction of sp³-hybridized carbons (Fsp3) is 0.611. The molecule has 1 aromatic carbocycles. The topological polar surface area (TPSA) is 87.3 Å². The van der Waals surface area contributed by atoms with Crippen LogP contribution in [0, 0.1) is 17.3 Å². The number of piperidine rings is 1. The molecule has 3 fully saturated rings. The van der Waals surface area contributed by atoms with Gasteiger partial charge < -0.3 is 10.6 Å². The van der Waals surface area contributed by atoms with Crippen molar-refractivity contribution in [2.75, 3.05) is 25.0 Å². The lowest BCUT2D eigenvalue weighted by atomic mass is 9.92. The summed E-state index contributed by atoms with van der Waals surface area (Å²) in [5.74, 6) is 0.650. The number of nitrogens with one attached hydrogen (secondary N) is 3. The van der Waals surface area contributed by atoms with Gasteiger partial charge in [-0.3, -0.25) is 4.79 Å². The van der Waals surface area contributed by atoms with Crippen molar-refractivity contribution in [2.24, 2.45) is 17.3 Å². The van der Waals surface area contributed by atoms with Gasteiger partial charge in [0.15, 0.2) is 0 Å². The summed E-state index contributed by atoms with van der Waals surface area (Å²) < 4.78 is 27.1. The van der Waals surface area contributed by atoms with Crippen LogP contribution in [0.4, 0.5) is 5.69 Å². The van der Waals surface area contributed by atoms with Crippen LogP contribution in [0.25, 0.3) is 0 Å². The highest BCUT2D eigenvalue weighted by atomic mass is 35.5. The third-order valence-electron chi connectivity index (χ3n) is 5.80. The van der Waals surface area contributed by atoms with E-state index in [1.807, 2.05) is 0 Å². The third-order valence-corrected chi connectivity index (χ3v) is 7.24.